The van der Waals surface area contributed by atoms with Gasteiger partial charge in [-0.2, -0.15) is 0 Å². The number of hydrogen-bond acceptors (Lipinski definition) is 14. The highest BCUT2D eigenvalue weighted by atomic mass is 16.6. The Bertz CT molecular complexity index is 573. The zero-order valence-corrected chi connectivity index (χ0v) is 28.7. The van der Waals surface area contributed by atoms with Crippen molar-refractivity contribution in [3.8, 4) is 0 Å². The molecule has 0 bridgehead atoms. The summed E-state index contributed by atoms with van der Waals surface area (Å²) >= 11 is 0. The van der Waals surface area contributed by atoms with Crippen LogP contribution in [0.15, 0.2) is 0 Å². The number of rotatable bonds is 41. The van der Waals surface area contributed by atoms with E-state index >= 15 is 0 Å². The molecule has 0 aromatic heterocycles. The number of carbonyl (C=O) groups excluding carboxylic acids is 1. The fourth-order valence-corrected chi connectivity index (χ4v) is 3.26. The Labute approximate surface area is 277 Å². The molecule has 0 amide bonds. The predicted octanol–water partition coefficient (Wildman–Crippen LogP) is 2.33. The van der Waals surface area contributed by atoms with E-state index in [2.05, 4.69) is 6.92 Å². The van der Waals surface area contributed by atoms with Crippen LogP contribution in [0, 0.1) is 0 Å². The first kappa shape index (κ1) is 45.0. The summed E-state index contributed by atoms with van der Waals surface area (Å²) in [6.07, 6.45) is 3.46. The van der Waals surface area contributed by atoms with Crippen LogP contribution in [-0.2, 0) is 66.4 Å². The predicted molar refractivity (Wildman–Crippen MR) is 171 cm³/mol. The maximum atomic E-state index is 11.2. The Morgan fingerprint density at radius 3 is 0.739 bits per heavy atom. The van der Waals surface area contributed by atoms with Gasteiger partial charge in [0.2, 0.25) is 0 Å². The second-order valence-corrected chi connectivity index (χ2v) is 9.67. The molecule has 0 heterocycles. The third-order valence-corrected chi connectivity index (χ3v) is 5.68. The van der Waals surface area contributed by atoms with Gasteiger partial charge in [0.05, 0.1) is 152 Å². The van der Waals surface area contributed by atoms with Gasteiger partial charge in [-0.25, -0.2) is 0 Å². The SMILES string of the molecule is CCCCOCCOCCOCCOCCOCCOCCOCCOCCOCCOCCOCCOCCOC(=O)CCC. The van der Waals surface area contributed by atoms with E-state index in [0.29, 0.717) is 158 Å². The number of esters is 1. The van der Waals surface area contributed by atoms with Crippen molar-refractivity contribution < 1.29 is 66.4 Å². The van der Waals surface area contributed by atoms with Crippen LogP contribution in [0.1, 0.15) is 39.5 Å². The maximum absolute atomic E-state index is 11.2. The molecule has 0 aliphatic rings. The molecule has 0 aliphatic carbocycles. The van der Waals surface area contributed by atoms with Crippen molar-refractivity contribution in [1.82, 2.24) is 0 Å². The first-order chi connectivity index (χ1) is 22.8. The summed E-state index contributed by atoms with van der Waals surface area (Å²) < 4.78 is 70.3. The fraction of sp³-hybridized carbons (Fsp3) is 0.969. The van der Waals surface area contributed by atoms with E-state index in [0.717, 1.165) is 25.9 Å². The van der Waals surface area contributed by atoms with Crippen molar-refractivity contribution in [2.24, 2.45) is 0 Å². The number of unbranched alkanes of at least 4 members (excludes halogenated alkanes) is 1. The molecule has 0 atom stereocenters. The summed E-state index contributed by atoms with van der Waals surface area (Å²) in [5.74, 6) is -0.188. The van der Waals surface area contributed by atoms with Gasteiger partial charge < -0.3 is 61.6 Å². The smallest absolute Gasteiger partial charge is 0.305 e. The average Bonchev–Trinajstić information content (AvgIpc) is 3.06. The molecule has 0 aliphatic heterocycles. The Morgan fingerprint density at radius 1 is 0.304 bits per heavy atom. The van der Waals surface area contributed by atoms with Gasteiger partial charge in [-0.05, 0) is 12.8 Å². The van der Waals surface area contributed by atoms with Crippen molar-refractivity contribution in [2.75, 3.05) is 165 Å². The zero-order valence-electron chi connectivity index (χ0n) is 28.7. The summed E-state index contributed by atoms with van der Waals surface area (Å²) in [4.78, 5) is 11.2. The molecule has 46 heavy (non-hydrogen) atoms. The van der Waals surface area contributed by atoms with Crippen molar-refractivity contribution in [3.05, 3.63) is 0 Å². The van der Waals surface area contributed by atoms with Gasteiger partial charge in [0.25, 0.3) is 0 Å². The lowest BCUT2D eigenvalue weighted by molar-refractivity contribution is -0.145. The first-order valence-corrected chi connectivity index (χ1v) is 16.9. The fourth-order valence-electron chi connectivity index (χ4n) is 3.26. The summed E-state index contributed by atoms with van der Waals surface area (Å²) in [6.45, 7) is 16.9. The number of hydrogen-bond donors (Lipinski definition) is 0. The van der Waals surface area contributed by atoms with Gasteiger partial charge in [0, 0.05) is 13.0 Å². The van der Waals surface area contributed by atoms with Crippen LogP contribution in [0.2, 0.25) is 0 Å². The van der Waals surface area contributed by atoms with Crippen LogP contribution in [0.5, 0.6) is 0 Å². The lowest BCUT2D eigenvalue weighted by Gasteiger charge is -2.09. The second kappa shape index (κ2) is 42.0. The molecule has 14 nitrogen and oxygen atoms in total. The van der Waals surface area contributed by atoms with Gasteiger partial charge >= 0.3 is 5.97 Å². The quantitative estimate of drug-likeness (QED) is 0.0694. The number of ether oxygens (including phenoxy) is 13. The van der Waals surface area contributed by atoms with Gasteiger partial charge in [0.15, 0.2) is 0 Å². The molecule has 0 aromatic carbocycles. The van der Waals surface area contributed by atoms with Crippen LogP contribution >= 0.6 is 0 Å². The second-order valence-electron chi connectivity index (χ2n) is 9.67. The molecule has 0 aromatic rings. The minimum Gasteiger partial charge on any atom is -0.463 e. The molecule has 0 rings (SSSR count). The Hall–Kier alpha value is -1.01. The number of carbonyl (C=O) groups is 1. The summed E-state index contributed by atoms with van der Waals surface area (Å²) in [5, 5.41) is 0. The van der Waals surface area contributed by atoms with Crippen molar-refractivity contribution >= 4 is 5.97 Å². The van der Waals surface area contributed by atoms with E-state index in [9.17, 15) is 4.79 Å². The molecule has 0 N–H and O–H groups in total. The third kappa shape index (κ3) is 41.0. The van der Waals surface area contributed by atoms with Gasteiger partial charge in [-0.15, -0.1) is 0 Å². The molecule has 14 heteroatoms. The lowest BCUT2D eigenvalue weighted by Crippen LogP contribution is -2.15. The Kier molecular flexibility index (Phi) is 41.1. The highest BCUT2D eigenvalue weighted by molar-refractivity contribution is 5.69. The van der Waals surface area contributed by atoms with Crippen LogP contribution in [0.4, 0.5) is 0 Å². The normalized spacial score (nSPS) is 11.4. The Morgan fingerprint density at radius 2 is 0.522 bits per heavy atom. The first-order valence-electron chi connectivity index (χ1n) is 16.9. The molecule has 0 saturated heterocycles. The summed E-state index contributed by atoms with van der Waals surface area (Å²) in [5.41, 5.74) is 0. The topological polar surface area (TPSA) is 137 Å². The van der Waals surface area contributed by atoms with E-state index in [1.807, 2.05) is 6.92 Å². The minimum atomic E-state index is -0.188. The van der Waals surface area contributed by atoms with Crippen molar-refractivity contribution in [3.63, 3.8) is 0 Å². The molecular weight excluding hydrogens is 608 g/mol. The van der Waals surface area contributed by atoms with E-state index < -0.39 is 0 Å². The van der Waals surface area contributed by atoms with E-state index in [4.69, 9.17) is 61.6 Å². The van der Waals surface area contributed by atoms with Crippen LogP contribution in [0.3, 0.4) is 0 Å². The highest BCUT2D eigenvalue weighted by Gasteiger charge is 2.00. The van der Waals surface area contributed by atoms with Crippen molar-refractivity contribution in [2.45, 2.75) is 39.5 Å². The van der Waals surface area contributed by atoms with E-state index in [1.54, 1.807) is 0 Å². The largest absolute Gasteiger partial charge is 0.463 e. The molecular formula is C32H64O14. The monoisotopic (exact) mass is 672 g/mol. The van der Waals surface area contributed by atoms with Crippen molar-refractivity contribution in [1.29, 1.82) is 0 Å². The Balaban J connectivity index is 3.05. The molecule has 0 unspecified atom stereocenters. The zero-order chi connectivity index (χ0) is 33.3. The molecule has 276 valence electrons. The molecule has 0 saturated carbocycles. The molecule has 0 radical (unpaired) electrons. The third-order valence-electron chi connectivity index (χ3n) is 5.68. The van der Waals surface area contributed by atoms with Crippen LogP contribution in [0.25, 0.3) is 0 Å². The minimum absolute atomic E-state index is 0.188. The van der Waals surface area contributed by atoms with Crippen LogP contribution in [-0.4, -0.2) is 171 Å². The lowest BCUT2D eigenvalue weighted by atomic mass is 10.3. The molecule has 0 spiro atoms. The van der Waals surface area contributed by atoms with E-state index in [1.165, 1.54) is 0 Å². The standard InChI is InChI=1S/C32H64O14/c1-3-5-7-34-8-9-35-10-11-36-12-13-37-14-15-38-16-17-39-18-19-40-20-21-41-22-23-42-24-25-43-26-27-44-28-29-45-30-31-46-32(33)6-4-2/h3-31H2,1-2H3. The van der Waals surface area contributed by atoms with E-state index in [-0.39, 0.29) is 12.6 Å². The maximum Gasteiger partial charge on any atom is 0.305 e. The average molecular weight is 673 g/mol. The highest BCUT2D eigenvalue weighted by Crippen LogP contribution is 1.92. The molecule has 0 fully saturated rings. The van der Waals surface area contributed by atoms with Gasteiger partial charge in [0.1, 0.15) is 6.61 Å². The van der Waals surface area contributed by atoms with Gasteiger partial charge in [-0.1, -0.05) is 20.3 Å². The summed E-state index contributed by atoms with van der Waals surface area (Å²) in [6, 6.07) is 0. The van der Waals surface area contributed by atoms with Crippen LogP contribution < -0.4 is 0 Å². The van der Waals surface area contributed by atoms with Gasteiger partial charge in [-0.3, -0.25) is 4.79 Å². The summed E-state index contributed by atoms with van der Waals surface area (Å²) in [7, 11) is 0.